The monoisotopic (exact) mass is 264 g/mol. The summed E-state index contributed by atoms with van der Waals surface area (Å²) in [6.07, 6.45) is 2.07. The van der Waals surface area contributed by atoms with Gasteiger partial charge in [-0.3, -0.25) is 0 Å². The van der Waals surface area contributed by atoms with E-state index < -0.39 is 0 Å². The molecule has 0 aromatic heterocycles. The lowest BCUT2D eigenvalue weighted by molar-refractivity contribution is 0.915. The number of hydrogen-bond donors (Lipinski definition) is 2. The molecule has 0 heterocycles. The van der Waals surface area contributed by atoms with Gasteiger partial charge in [0.15, 0.2) is 0 Å². The SMILES string of the molecule is CSCC(C)Nc1cc(Cl)c(Cl)cc1N. The van der Waals surface area contributed by atoms with Crippen LogP contribution in [0.3, 0.4) is 0 Å². The maximum atomic E-state index is 5.91. The molecule has 1 atom stereocenters. The Labute approximate surface area is 105 Å². The van der Waals surface area contributed by atoms with Crippen molar-refractivity contribution in [3.8, 4) is 0 Å². The highest BCUT2D eigenvalue weighted by molar-refractivity contribution is 7.98. The Balaban J connectivity index is 2.81. The fourth-order valence-corrected chi connectivity index (χ4v) is 2.16. The third-order valence-corrected chi connectivity index (χ3v) is 3.47. The standard InChI is InChI=1S/C10H14Cl2N2S/c1-6(5-15-2)14-10-4-8(12)7(11)3-9(10)13/h3-4,6,14H,5,13H2,1-2H3. The molecule has 1 aromatic carbocycles. The highest BCUT2D eigenvalue weighted by atomic mass is 35.5. The summed E-state index contributed by atoms with van der Waals surface area (Å²) < 4.78 is 0. The normalized spacial score (nSPS) is 12.5. The summed E-state index contributed by atoms with van der Waals surface area (Å²) in [6, 6.07) is 3.77. The molecule has 1 rings (SSSR count). The van der Waals surface area contributed by atoms with Crippen molar-refractivity contribution in [2.45, 2.75) is 13.0 Å². The van der Waals surface area contributed by atoms with Crippen molar-refractivity contribution >= 4 is 46.3 Å². The molecule has 0 spiro atoms. The van der Waals surface area contributed by atoms with Crippen LogP contribution in [0, 0.1) is 0 Å². The van der Waals surface area contributed by atoms with Crippen LogP contribution in [0.5, 0.6) is 0 Å². The number of nitrogens with one attached hydrogen (secondary N) is 1. The molecule has 0 saturated heterocycles. The van der Waals surface area contributed by atoms with Gasteiger partial charge in [0.1, 0.15) is 0 Å². The largest absolute Gasteiger partial charge is 0.397 e. The maximum Gasteiger partial charge on any atom is 0.0614 e. The van der Waals surface area contributed by atoms with Gasteiger partial charge in [0, 0.05) is 11.8 Å². The first kappa shape index (κ1) is 12.8. The fraction of sp³-hybridized carbons (Fsp3) is 0.400. The van der Waals surface area contributed by atoms with Gasteiger partial charge < -0.3 is 11.1 Å². The average Bonchev–Trinajstić information content (AvgIpc) is 2.14. The predicted molar refractivity (Wildman–Crippen MR) is 72.3 cm³/mol. The number of nitrogens with two attached hydrogens (primary N) is 1. The maximum absolute atomic E-state index is 5.91. The van der Waals surface area contributed by atoms with Crippen LogP contribution in [0.4, 0.5) is 11.4 Å². The molecule has 0 aliphatic heterocycles. The second kappa shape index (κ2) is 5.73. The number of thioether (sulfide) groups is 1. The highest BCUT2D eigenvalue weighted by Crippen LogP contribution is 2.31. The summed E-state index contributed by atoms with van der Waals surface area (Å²) in [7, 11) is 0. The van der Waals surface area contributed by atoms with Crippen molar-refractivity contribution in [3.63, 3.8) is 0 Å². The minimum Gasteiger partial charge on any atom is -0.397 e. The average molecular weight is 265 g/mol. The molecule has 84 valence electrons. The van der Waals surface area contributed by atoms with E-state index in [1.165, 1.54) is 0 Å². The quantitative estimate of drug-likeness (QED) is 0.814. The van der Waals surface area contributed by atoms with E-state index in [0.717, 1.165) is 11.4 Å². The first-order chi connectivity index (χ1) is 7.04. The Bertz CT molecular complexity index is 344. The third kappa shape index (κ3) is 3.67. The lowest BCUT2D eigenvalue weighted by Crippen LogP contribution is -2.18. The van der Waals surface area contributed by atoms with Gasteiger partial charge in [-0.05, 0) is 25.3 Å². The van der Waals surface area contributed by atoms with Crippen LogP contribution >= 0.6 is 35.0 Å². The van der Waals surface area contributed by atoms with Gasteiger partial charge >= 0.3 is 0 Å². The zero-order valence-corrected chi connectivity index (χ0v) is 11.0. The fourth-order valence-electron chi connectivity index (χ4n) is 1.24. The van der Waals surface area contributed by atoms with Crippen LogP contribution in [0.2, 0.25) is 10.0 Å². The van der Waals surface area contributed by atoms with Crippen LogP contribution in [0.1, 0.15) is 6.92 Å². The number of anilines is 2. The Kier molecular flexibility index (Phi) is 4.90. The molecule has 15 heavy (non-hydrogen) atoms. The number of nitrogen functional groups attached to an aromatic ring is 1. The summed E-state index contributed by atoms with van der Waals surface area (Å²) in [4.78, 5) is 0. The lowest BCUT2D eigenvalue weighted by Gasteiger charge is -2.16. The van der Waals surface area contributed by atoms with E-state index in [9.17, 15) is 0 Å². The third-order valence-electron chi connectivity index (χ3n) is 1.91. The molecule has 0 aliphatic carbocycles. The van der Waals surface area contributed by atoms with Crippen LogP contribution in [0.15, 0.2) is 12.1 Å². The molecular formula is C10H14Cl2N2S. The molecule has 0 amide bonds. The van der Waals surface area contributed by atoms with Crippen molar-refractivity contribution < 1.29 is 0 Å². The number of hydrogen-bond acceptors (Lipinski definition) is 3. The Hall–Kier alpha value is -0.250. The second-order valence-corrected chi connectivity index (χ2v) is 5.08. The van der Waals surface area contributed by atoms with E-state index in [1.807, 2.05) is 0 Å². The van der Waals surface area contributed by atoms with Crippen molar-refractivity contribution in [2.24, 2.45) is 0 Å². The van der Waals surface area contributed by atoms with Crippen LogP contribution < -0.4 is 11.1 Å². The van der Waals surface area contributed by atoms with Crippen LogP contribution in [-0.2, 0) is 0 Å². The van der Waals surface area contributed by atoms with Gasteiger partial charge in [0.05, 0.1) is 21.4 Å². The first-order valence-electron chi connectivity index (χ1n) is 4.54. The van der Waals surface area contributed by atoms with Gasteiger partial charge in [-0.2, -0.15) is 11.8 Å². The molecule has 3 N–H and O–H groups in total. The summed E-state index contributed by atoms with van der Waals surface area (Å²) in [6.45, 7) is 2.10. The van der Waals surface area contributed by atoms with Crippen LogP contribution in [-0.4, -0.2) is 18.1 Å². The van der Waals surface area contributed by atoms with Crippen molar-refractivity contribution in [1.29, 1.82) is 0 Å². The molecule has 1 unspecified atom stereocenters. The van der Waals surface area contributed by atoms with Crippen molar-refractivity contribution in [2.75, 3.05) is 23.1 Å². The zero-order chi connectivity index (χ0) is 11.4. The van der Waals surface area contributed by atoms with E-state index in [1.54, 1.807) is 23.9 Å². The minimum absolute atomic E-state index is 0.347. The smallest absolute Gasteiger partial charge is 0.0614 e. The number of rotatable bonds is 4. The van der Waals surface area contributed by atoms with Crippen LogP contribution in [0.25, 0.3) is 0 Å². The molecule has 1 aromatic rings. The molecule has 2 nitrogen and oxygen atoms in total. The Morgan fingerprint density at radius 2 is 2.00 bits per heavy atom. The van der Waals surface area contributed by atoms with Crippen molar-refractivity contribution in [3.05, 3.63) is 22.2 Å². The highest BCUT2D eigenvalue weighted by Gasteiger charge is 2.07. The molecule has 0 fully saturated rings. The van der Waals surface area contributed by atoms with E-state index in [4.69, 9.17) is 28.9 Å². The first-order valence-corrected chi connectivity index (χ1v) is 6.69. The van der Waals surface area contributed by atoms with E-state index in [2.05, 4.69) is 18.5 Å². The summed E-state index contributed by atoms with van der Waals surface area (Å²) >= 11 is 13.5. The molecule has 0 aliphatic rings. The topological polar surface area (TPSA) is 38.0 Å². The molecule has 0 radical (unpaired) electrons. The Morgan fingerprint density at radius 1 is 1.40 bits per heavy atom. The molecular weight excluding hydrogens is 251 g/mol. The summed E-state index contributed by atoms with van der Waals surface area (Å²) in [5.74, 6) is 1.01. The summed E-state index contributed by atoms with van der Waals surface area (Å²) in [5, 5.41) is 4.29. The van der Waals surface area contributed by atoms with Gasteiger partial charge in [0.25, 0.3) is 0 Å². The van der Waals surface area contributed by atoms with Crippen molar-refractivity contribution in [1.82, 2.24) is 0 Å². The predicted octanol–water partition coefficient (Wildman–Crippen LogP) is 3.74. The molecule has 0 saturated carbocycles. The second-order valence-electron chi connectivity index (χ2n) is 3.35. The molecule has 0 bridgehead atoms. The number of halogens is 2. The van der Waals surface area contributed by atoms with Gasteiger partial charge in [-0.15, -0.1) is 0 Å². The van der Waals surface area contributed by atoms with Gasteiger partial charge in [-0.25, -0.2) is 0 Å². The number of benzene rings is 1. The summed E-state index contributed by atoms with van der Waals surface area (Å²) in [5.41, 5.74) is 7.28. The van der Waals surface area contributed by atoms with Gasteiger partial charge in [-0.1, -0.05) is 23.2 Å². The molecule has 5 heteroatoms. The van der Waals surface area contributed by atoms with Gasteiger partial charge in [0.2, 0.25) is 0 Å². The minimum atomic E-state index is 0.347. The van der Waals surface area contributed by atoms with E-state index in [-0.39, 0.29) is 0 Å². The van der Waals surface area contributed by atoms with E-state index >= 15 is 0 Å². The zero-order valence-electron chi connectivity index (χ0n) is 8.68. The lowest BCUT2D eigenvalue weighted by atomic mass is 10.2. The van der Waals surface area contributed by atoms with E-state index in [0.29, 0.717) is 21.8 Å². The Morgan fingerprint density at radius 3 is 2.60 bits per heavy atom.